The molecule has 0 atom stereocenters. The van der Waals surface area contributed by atoms with E-state index in [4.69, 9.17) is 22.3 Å². The number of aromatic amines is 1. The van der Waals surface area contributed by atoms with Gasteiger partial charge in [0.25, 0.3) is 9.05 Å². The van der Waals surface area contributed by atoms with Gasteiger partial charge in [-0.15, -0.1) is 0 Å². The van der Waals surface area contributed by atoms with Gasteiger partial charge in [0.1, 0.15) is 10.0 Å². The quantitative estimate of drug-likeness (QED) is 0.678. The number of rotatable bonds is 2. The molecule has 0 radical (unpaired) electrons. The second kappa shape index (κ2) is 4.08. The summed E-state index contributed by atoms with van der Waals surface area (Å²) >= 11 is 5.72. The van der Waals surface area contributed by atoms with Crippen LogP contribution in [0.15, 0.2) is 35.4 Å². The van der Waals surface area contributed by atoms with Crippen LogP contribution in [0.25, 0.3) is 11.4 Å². The molecular weight excluding hydrogens is 271 g/mol. The average molecular weight is 277 g/mol. The van der Waals surface area contributed by atoms with Crippen molar-refractivity contribution in [3.05, 3.63) is 35.6 Å². The average Bonchev–Trinajstić information content (AvgIpc) is 2.65. The second-order valence-corrected chi connectivity index (χ2v) is 5.99. The number of aromatic nitrogens is 2. The van der Waals surface area contributed by atoms with Crippen molar-refractivity contribution in [1.29, 1.82) is 0 Å². The third-order valence-corrected chi connectivity index (χ3v) is 3.47. The highest BCUT2D eigenvalue weighted by Crippen LogP contribution is 2.22. The highest BCUT2D eigenvalue weighted by atomic mass is 35.7. The van der Waals surface area contributed by atoms with Crippen molar-refractivity contribution in [2.24, 2.45) is 0 Å². The first kappa shape index (κ1) is 11.4. The van der Waals surface area contributed by atoms with E-state index in [1.54, 1.807) is 18.2 Å². The number of nitrogens with zero attached hydrogens (tertiary/aromatic N) is 1. The molecule has 0 aromatic carbocycles. The summed E-state index contributed by atoms with van der Waals surface area (Å²) in [6.45, 7) is 0. The van der Waals surface area contributed by atoms with E-state index in [0.717, 1.165) is 0 Å². The third-order valence-electron chi connectivity index (χ3n) is 1.93. The Kier molecular flexibility index (Phi) is 2.92. The summed E-state index contributed by atoms with van der Waals surface area (Å²) in [6, 6.07) is 6.47. The van der Waals surface area contributed by atoms with Crippen LogP contribution in [0.1, 0.15) is 0 Å². The smallest absolute Gasteiger partial charge is 0.262 e. The van der Waals surface area contributed by atoms with Crippen molar-refractivity contribution in [3.8, 4) is 11.4 Å². The van der Waals surface area contributed by atoms with Crippen LogP contribution in [0.5, 0.6) is 0 Å². The first-order valence-electron chi connectivity index (χ1n) is 4.23. The minimum Gasteiger partial charge on any atom is -0.359 e. The van der Waals surface area contributed by atoms with Crippen LogP contribution in [-0.2, 0) is 9.05 Å². The van der Waals surface area contributed by atoms with E-state index < -0.39 is 9.05 Å². The van der Waals surface area contributed by atoms with Crippen LogP contribution in [-0.4, -0.2) is 18.4 Å². The Morgan fingerprint density at radius 3 is 2.62 bits per heavy atom. The van der Waals surface area contributed by atoms with Crippen LogP contribution in [0.2, 0.25) is 5.15 Å². The van der Waals surface area contributed by atoms with Crippen LogP contribution in [0.4, 0.5) is 0 Å². The monoisotopic (exact) mass is 276 g/mol. The lowest BCUT2D eigenvalue weighted by molar-refractivity contribution is 0.609. The zero-order valence-electron chi connectivity index (χ0n) is 7.81. The van der Waals surface area contributed by atoms with Gasteiger partial charge in [0.15, 0.2) is 0 Å². The maximum absolute atomic E-state index is 11.0. The Bertz CT molecular complexity index is 622. The van der Waals surface area contributed by atoms with Gasteiger partial charge in [0.2, 0.25) is 0 Å². The highest BCUT2D eigenvalue weighted by molar-refractivity contribution is 8.13. The Morgan fingerprint density at radius 1 is 1.31 bits per heavy atom. The van der Waals surface area contributed by atoms with Crippen molar-refractivity contribution in [2.75, 3.05) is 0 Å². The van der Waals surface area contributed by atoms with Crippen molar-refractivity contribution in [2.45, 2.75) is 4.90 Å². The minimum absolute atomic E-state index is 0.00550. The predicted octanol–water partition coefficient (Wildman–Crippen LogP) is 2.66. The van der Waals surface area contributed by atoms with E-state index in [-0.39, 0.29) is 4.90 Å². The molecule has 0 fully saturated rings. The molecule has 2 rings (SSSR count). The highest BCUT2D eigenvalue weighted by Gasteiger charge is 2.13. The first-order chi connectivity index (χ1) is 7.47. The minimum atomic E-state index is -3.72. The van der Waals surface area contributed by atoms with Crippen LogP contribution < -0.4 is 0 Å². The normalized spacial score (nSPS) is 11.6. The van der Waals surface area contributed by atoms with Crippen LogP contribution in [0.3, 0.4) is 0 Å². The molecule has 2 heterocycles. The Balaban J connectivity index is 2.47. The van der Waals surface area contributed by atoms with E-state index in [2.05, 4.69) is 9.97 Å². The van der Waals surface area contributed by atoms with Crippen LogP contribution in [0, 0.1) is 0 Å². The van der Waals surface area contributed by atoms with Gasteiger partial charge in [0.05, 0.1) is 11.4 Å². The number of pyridine rings is 1. The molecule has 0 aliphatic carbocycles. The Hall–Kier alpha value is -1.04. The van der Waals surface area contributed by atoms with Gasteiger partial charge < -0.3 is 4.98 Å². The number of nitrogens with one attached hydrogen (secondary N) is 1. The molecule has 7 heteroatoms. The SMILES string of the molecule is O=S(=O)(Cl)c1c[nH]c(-c2cccc(Cl)n2)c1. The topological polar surface area (TPSA) is 62.8 Å². The van der Waals surface area contributed by atoms with Gasteiger partial charge in [-0.05, 0) is 18.2 Å². The number of hydrogen-bond acceptors (Lipinski definition) is 3. The lowest BCUT2D eigenvalue weighted by Crippen LogP contribution is -1.86. The molecule has 16 heavy (non-hydrogen) atoms. The van der Waals surface area contributed by atoms with E-state index in [1.807, 2.05) is 0 Å². The van der Waals surface area contributed by atoms with Gasteiger partial charge in [0, 0.05) is 16.9 Å². The molecule has 0 aliphatic heterocycles. The van der Waals surface area contributed by atoms with Gasteiger partial charge in [-0.25, -0.2) is 13.4 Å². The van der Waals surface area contributed by atoms with E-state index in [9.17, 15) is 8.42 Å². The standard InChI is InChI=1S/C9H6Cl2N2O2S/c10-9-3-1-2-7(13-9)8-4-6(5-12-8)16(11,14)15/h1-5,12H. The summed E-state index contributed by atoms with van der Waals surface area (Å²) in [6.07, 6.45) is 1.31. The summed E-state index contributed by atoms with van der Waals surface area (Å²) in [4.78, 5) is 6.81. The summed E-state index contributed by atoms with van der Waals surface area (Å²) in [5.41, 5.74) is 1.10. The number of H-pyrrole nitrogens is 1. The van der Waals surface area contributed by atoms with Gasteiger partial charge in [-0.2, -0.15) is 0 Å². The van der Waals surface area contributed by atoms with Crippen LogP contribution >= 0.6 is 22.3 Å². The molecule has 0 unspecified atom stereocenters. The summed E-state index contributed by atoms with van der Waals surface area (Å²) in [7, 11) is 1.48. The van der Waals surface area contributed by atoms with E-state index in [1.165, 1.54) is 12.3 Å². The van der Waals surface area contributed by atoms with Crippen molar-refractivity contribution < 1.29 is 8.42 Å². The lowest BCUT2D eigenvalue weighted by Gasteiger charge is -1.96. The summed E-state index contributed by atoms with van der Waals surface area (Å²) in [5.74, 6) is 0. The molecule has 0 aliphatic rings. The zero-order valence-corrected chi connectivity index (χ0v) is 10.1. The fourth-order valence-electron chi connectivity index (χ4n) is 1.22. The molecule has 0 saturated heterocycles. The molecule has 0 spiro atoms. The van der Waals surface area contributed by atoms with Crippen molar-refractivity contribution >= 4 is 31.3 Å². The van der Waals surface area contributed by atoms with Crippen molar-refractivity contribution in [3.63, 3.8) is 0 Å². The lowest BCUT2D eigenvalue weighted by atomic mass is 10.3. The van der Waals surface area contributed by atoms with Gasteiger partial charge in [-0.3, -0.25) is 0 Å². The maximum Gasteiger partial charge on any atom is 0.262 e. The summed E-state index contributed by atoms with van der Waals surface area (Å²) in [5, 5.41) is 0.336. The molecule has 0 saturated carbocycles. The van der Waals surface area contributed by atoms with E-state index in [0.29, 0.717) is 16.5 Å². The molecule has 1 N–H and O–H groups in total. The molecule has 84 valence electrons. The second-order valence-electron chi connectivity index (χ2n) is 3.03. The van der Waals surface area contributed by atoms with E-state index >= 15 is 0 Å². The maximum atomic E-state index is 11.0. The fraction of sp³-hybridized carbons (Fsp3) is 0. The largest absolute Gasteiger partial charge is 0.359 e. The molecule has 2 aromatic heterocycles. The zero-order chi connectivity index (χ0) is 11.8. The Morgan fingerprint density at radius 2 is 2.06 bits per heavy atom. The predicted molar refractivity (Wildman–Crippen MR) is 62.1 cm³/mol. The number of halogens is 2. The molecule has 4 nitrogen and oxygen atoms in total. The molecule has 2 aromatic rings. The first-order valence-corrected chi connectivity index (χ1v) is 6.91. The number of hydrogen-bond donors (Lipinski definition) is 1. The Labute approximate surface area is 102 Å². The third kappa shape index (κ3) is 2.37. The fourth-order valence-corrected chi connectivity index (χ4v) is 2.11. The molecule has 0 bridgehead atoms. The van der Waals surface area contributed by atoms with Gasteiger partial charge in [-0.1, -0.05) is 17.7 Å². The van der Waals surface area contributed by atoms with Crippen molar-refractivity contribution in [1.82, 2.24) is 9.97 Å². The molecule has 0 amide bonds. The summed E-state index contributed by atoms with van der Waals surface area (Å²) < 4.78 is 22.1. The molecular formula is C9H6Cl2N2O2S. The van der Waals surface area contributed by atoms with Gasteiger partial charge >= 0.3 is 0 Å².